The smallest absolute Gasteiger partial charge is 0.0711 e. The number of rotatable bonds is 5. The number of piperidine rings is 1. The summed E-state index contributed by atoms with van der Waals surface area (Å²) in [6.07, 6.45) is 4.33. The lowest BCUT2D eigenvalue weighted by Crippen LogP contribution is -2.43. The minimum absolute atomic E-state index is 0.432. The maximum absolute atomic E-state index is 5.40. The van der Waals surface area contributed by atoms with E-state index in [1.165, 1.54) is 45.4 Å². The highest BCUT2D eigenvalue weighted by Crippen LogP contribution is 2.19. The van der Waals surface area contributed by atoms with Crippen molar-refractivity contribution in [3.63, 3.8) is 0 Å². The average molecular weight is 255 g/mol. The molecule has 2 fully saturated rings. The van der Waals surface area contributed by atoms with Gasteiger partial charge in [-0.3, -0.25) is 0 Å². The molecule has 18 heavy (non-hydrogen) atoms. The molecule has 4 heteroatoms. The molecule has 106 valence electrons. The molecule has 0 aromatic heterocycles. The SMILES string of the molecule is COC1CNC(CN2CCC(CN(C)C)CC2)C1. The van der Waals surface area contributed by atoms with Crippen molar-refractivity contribution in [1.82, 2.24) is 15.1 Å². The molecule has 0 amide bonds. The summed E-state index contributed by atoms with van der Waals surface area (Å²) in [4.78, 5) is 4.95. The van der Waals surface area contributed by atoms with Crippen LogP contribution < -0.4 is 5.32 Å². The second kappa shape index (κ2) is 6.85. The van der Waals surface area contributed by atoms with Crippen LogP contribution in [0.2, 0.25) is 0 Å². The first-order valence-electron chi connectivity index (χ1n) is 7.30. The maximum Gasteiger partial charge on any atom is 0.0711 e. The van der Waals surface area contributed by atoms with Crippen LogP contribution in [-0.4, -0.2) is 75.9 Å². The molecule has 2 aliphatic heterocycles. The monoisotopic (exact) mass is 255 g/mol. The summed E-state index contributed by atoms with van der Waals surface area (Å²) >= 11 is 0. The molecule has 2 atom stereocenters. The molecule has 0 saturated carbocycles. The van der Waals surface area contributed by atoms with Gasteiger partial charge in [0.15, 0.2) is 0 Å². The largest absolute Gasteiger partial charge is 0.380 e. The van der Waals surface area contributed by atoms with Crippen molar-refractivity contribution in [2.24, 2.45) is 5.92 Å². The van der Waals surface area contributed by atoms with Gasteiger partial charge in [-0.25, -0.2) is 0 Å². The van der Waals surface area contributed by atoms with E-state index in [0.29, 0.717) is 12.1 Å². The van der Waals surface area contributed by atoms with Crippen LogP contribution in [0.1, 0.15) is 19.3 Å². The van der Waals surface area contributed by atoms with Gasteiger partial charge in [-0.2, -0.15) is 0 Å². The van der Waals surface area contributed by atoms with Gasteiger partial charge in [-0.1, -0.05) is 0 Å². The molecule has 1 N–H and O–H groups in total. The number of nitrogens with zero attached hydrogens (tertiary/aromatic N) is 2. The Hall–Kier alpha value is -0.160. The van der Waals surface area contributed by atoms with E-state index in [1.54, 1.807) is 0 Å². The zero-order chi connectivity index (χ0) is 13.0. The zero-order valence-corrected chi connectivity index (χ0v) is 12.2. The summed E-state index contributed by atoms with van der Waals surface area (Å²) < 4.78 is 5.40. The summed E-state index contributed by atoms with van der Waals surface area (Å²) in [6, 6.07) is 0.639. The van der Waals surface area contributed by atoms with Crippen LogP contribution in [0, 0.1) is 5.92 Å². The Bertz CT molecular complexity index is 239. The second-order valence-corrected chi connectivity index (χ2v) is 6.20. The highest BCUT2D eigenvalue weighted by atomic mass is 16.5. The molecule has 0 aromatic rings. The highest BCUT2D eigenvalue weighted by molar-refractivity contribution is 4.86. The fourth-order valence-electron chi connectivity index (χ4n) is 3.28. The molecular formula is C14H29N3O. The van der Waals surface area contributed by atoms with E-state index < -0.39 is 0 Å². The van der Waals surface area contributed by atoms with Crippen molar-refractivity contribution < 1.29 is 4.74 Å². The third-order valence-electron chi connectivity index (χ3n) is 4.32. The van der Waals surface area contributed by atoms with Crippen molar-refractivity contribution in [1.29, 1.82) is 0 Å². The van der Waals surface area contributed by atoms with Crippen molar-refractivity contribution in [2.45, 2.75) is 31.4 Å². The number of hydrogen-bond acceptors (Lipinski definition) is 4. The molecule has 0 radical (unpaired) electrons. The lowest BCUT2D eigenvalue weighted by atomic mass is 9.96. The predicted octanol–water partition coefficient (Wildman–Crippen LogP) is 0.637. The second-order valence-electron chi connectivity index (χ2n) is 6.20. The minimum Gasteiger partial charge on any atom is -0.380 e. The van der Waals surface area contributed by atoms with Crippen LogP contribution in [0.4, 0.5) is 0 Å². The molecule has 0 bridgehead atoms. The van der Waals surface area contributed by atoms with E-state index in [2.05, 4.69) is 29.2 Å². The fraction of sp³-hybridized carbons (Fsp3) is 1.00. The summed E-state index contributed by atoms with van der Waals surface area (Å²) in [7, 11) is 6.18. The molecule has 4 nitrogen and oxygen atoms in total. The minimum atomic E-state index is 0.432. The van der Waals surface area contributed by atoms with Crippen LogP contribution in [0.15, 0.2) is 0 Å². The summed E-state index contributed by atoms with van der Waals surface area (Å²) in [5.41, 5.74) is 0. The molecule has 2 rings (SSSR count). The Morgan fingerprint density at radius 1 is 1.28 bits per heavy atom. The molecular weight excluding hydrogens is 226 g/mol. The first-order chi connectivity index (χ1) is 8.67. The van der Waals surface area contributed by atoms with Crippen molar-refractivity contribution >= 4 is 0 Å². The maximum atomic E-state index is 5.40. The summed E-state index contributed by atoms with van der Waals surface area (Å²) in [5.74, 6) is 0.902. The fourth-order valence-corrected chi connectivity index (χ4v) is 3.28. The number of hydrogen-bond donors (Lipinski definition) is 1. The quantitative estimate of drug-likeness (QED) is 0.780. The summed E-state index contributed by atoms with van der Waals surface area (Å²) in [6.45, 7) is 6.02. The van der Waals surface area contributed by atoms with Crippen LogP contribution >= 0.6 is 0 Å². The highest BCUT2D eigenvalue weighted by Gasteiger charge is 2.27. The zero-order valence-electron chi connectivity index (χ0n) is 12.2. The Labute approximate surface area is 112 Å². The Kier molecular flexibility index (Phi) is 5.42. The van der Waals surface area contributed by atoms with Crippen LogP contribution in [-0.2, 0) is 4.74 Å². The van der Waals surface area contributed by atoms with Gasteiger partial charge in [0.1, 0.15) is 0 Å². The Morgan fingerprint density at radius 2 is 2.00 bits per heavy atom. The van der Waals surface area contributed by atoms with Crippen molar-refractivity contribution in [3.05, 3.63) is 0 Å². The van der Waals surface area contributed by atoms with Crippen LogP contribution in [0.3, 0.4) is 0 Å². The number of methoxy groups -OCH3 is 1. The molecule has 0 spiro atoms. The molecule has 0 aliphatic carbocycles. The lowest BCUT2D eigenvalue weighted by Gasteiger charge is -2.34. The van der Waals surface area contributed by atoms with Crippen molar-refractivity contribution in [3.8, 4) is 0 Å². The van der Waals surface area contributed by atoms with E-state index >= 15 is 0 Å². The van der Waals surface area contributed by atoms with Gasteiger partial charge >= 0.3 is 0 Å². The van der Waals surface area contributed by atoms with E-state index in [0.717, 1.165) is 12.5 Å². The van der Waals surface area contributed by atoms with Gasteiger partial charge in [0, 0.05) is 32.8 Å². The third kappa shape index (κ3) is 4.19. The molecule has 2 aliphatic rings. The normalized spacial score (nSPS) is 31.3. The van der Waals surface area contributed by atoms with Gasteiger partial charge in [0.2, 0.25) is 0 Å². The van der Waals surface area contributed by atoms with Gasteiger partial charge in [0.05, 0.1) is 6.10 Å². The first-order valence-corrected chi connectivity index (χ1v) is 7.30. The van der Waals surface area contributed by atoms with Crippen LogP contribution in [0.5, 0.6) is 0 Å². The number of likely N-dealkylation sites (tertiary alicyclic amines) is 1. The van der Waals surface area contributed by atoms with Crippen LogP contribution in [0.25, 0.3) is 0 Å². The Balaban J connectivity index is 1.65. The molecule has 2 heterocycles. The molecule has 2 saturated heterocycles. The van der Waals surface area contributed by atoms with E-state index in [-0.39, 0.29) is 0 Å². The van der Waals surface area contributed by atoms with Gasteiger partial charge in [0.25, 0.3) is 0 Å². The standard InChI is InChI=1S/C14H29N3O/c1-16(2)10-12-4-6-17(7-5-12)11-13-8-14(18-3)9-15-13/h12-15H,4-11H2,1-3H3. The van der Waals surface area contributed by atoms with E-state index in [9.17, 15) is 0 Å². The predicted molar refractivity (Wildman–Crippen MR) is 74.9 cm³/mol. The first kappa shape index (κ1) is 14.3. The number of ether oxygens (including phenoxy) is 1. The molecule has 0 aromatic carbocycles. The third-order valence-corrected chi connectivity index (χ3v) is 4.32. The Morgan fingerprint density at radius 3 is 2.56 bits per heavy atom. The summed E-state index contributed by atoms with van der Waals surface area (Å²) in [5, 5.41) is 3.57. The number of nitrogens with one attached hydrogen (secondary N) is 1. The van der Waals surface area contributed by atoms with E-state index in [1.807, 2.05) is 7.11 Å². The van der Waals surface area contributed by atoms with Gasteiger partial charge < -0.3 is 19.9 Å². The average Bonchev–Trinajstić information content (AvgIpc) is 2.79. The molecule has 2 unspecified atom stereocenters. The topological polar surface area (TPSA) is 27.7 Å². The van der Waals surface area contributed by atoms with Gasteiger partial charge in [-0.15, -0.1) is 0 Å². The lowest BCUT2D eigenvalue weighted by molar-refractivity contribution is 0.112. The van der Waals surface area contributed by atoms with Crippen molar-refractivity contribution in [2.75, 3.05) is 53.9 Å². The van der Waals surface area contributed by atoms with E-state index in [4.69, 9.17) is 4.74 Å². The van der Waals surface area contributed by atoms with Gasteiger partial charge in [-0.05, 0) is 52.4 Å².